The van der Waals surface area contributed by atoms with E-state index in [1.165, 1.54) is 0 Å². The zero-order valence-corrected chi connectivity index (χ0v) is 12.5. The van der Waals surface area contributed by atoms with Crippen LogP contribution in [-0.2, 0) is 48.5 Å². The SMILES string of the molecule is O.O.O=C(O)CCC(=O)O.[Zn].[Zn]. The second-order valence-electron chi connectivity index (χ2n) is 1.29. The summed E-state index contributed by atoms with van der Waals surface area (Å²) in [5.41, 5.74) is 0. The third-order valence-corrected chi connectivity index (χ3v) is 0.553. The molecule has 0 amide bonds. The summed E-state index contributed by atoms with van der Waals surface area (Å²) in [6, 6.07) is 0. The molecule has 0 fully saturated rings. The Bertz CT molecular complexity index is 102. The van der Waals surface area contributed by atoms with E-state index < -0.39 is 11.9 Å². The first-order valence-electron chi connectivity index (χ1n) is 2.06. The Labute approximate surface area is 94.5 Å². The van der Waals surface area contributed by atoms with Gasteiger partial charge in [-0.15, -0.1) is 0 Å². The fraction of sp³-hybridized carbons (Fsp3) is 0.500. The zero-order valence-electron chi connectivity index (χ0n) is 6.54. The van der Waals surface area contributed by atoms with Gasteiger partial charge in [-0.2, -0.15) is 0 Å². The summed E-state index contributed by atoms with van der Waals surface area (Å²) in [7, 11) is 0. The molecular weight excluding hydrogens is 275 g/mol. The Morgan fingerprint density at radius 1 is 0.833 bits per heavy atom. The van der Waals surface area contributed by atoms with Crippen molar-refractivity contribution in [3.05, 3.63) is 0 Å². The zero-order chi connectivity index (χ0) is 6.57. The summed E-state index contributed by atoms with van der Waals surface area (Å²) >= 11 is 0. The average molecular weight is 285 g/mol. The molecule has 0 aliphatic carbocycles. The maximum atomic E-state index is 9.64. The smallest absolute Gasteiger partial charge is 0.303 e. The molecule has 0 bridgehead atoms. The Hall–Kier alpha value is 0.107. The molecule has 0 spiro atoms. The molecule has 0 heterocycles. The molecule has 0 saturated carbocycles. The maximum absolute atomic E-state index is 9.64. The summed E-state index contributed by atoms with van der Waals surface area (Å²) in [6.45, 7) is 0. The Balaban J connectivity index is -0.0000000408. The third-order valence-electron chi connectivity index (χ3n) is 0.553. The van der Waals surface area contributed by atoms with Crippen molar-refractivity contribution >= 4 is 11.9 Å². The van der Waals surface area contributed by atoms with Gasteiger partial charge >= 0.3 is 11.9 Å². The molecule has 0 unspecified atom stereocenters. The number of carboxylic acid groups (broad SMARTS) is 2. The molecule has 66 valence electrons. The van der Waals surface area contributed by atoms with Crippen molar-refractivity contribution in [2.75, 3.05) is 0 Å². The van der Waals surface area contributed by atoms with Gasteiger partial charge in [0.25, 0.3) is 0 Å². The minimum atomic E-state index is -1.08. The second-order valence-corrected chi connectivity index (χ2v) is 1.29. The van der Waals surface area contributed by atoms with E-state index in [-0.39, 0.29) is 62.7 Å². The van der Waals surface area contributed by atoms with Gasteiger partial charge in [0.15, 0.2) is 0 Å². The molecule has 0 radical (unpaired) electrons. The van der Waals surface area contributed by atoms with E-state index in [4.69, 9.17) is 10.2 Å². The van der Waals surface area contributed by atoms with Crippen LogP contribution in [0.15, 0.2) is 0 Å². The van der Waals surface area contributed by atoms with E-state index in [1.807, 2.05) is 0 Å². The molecule has 0 rings (SSSR count). The van der Waals surface area contributed by atoms with Gasteiger partial charge in [-0.3, -0.25) is 9.59 Å². The summed E-state index contributed by atoms with van der Waals surface area (Å²) in [5.74, 6) is -2.15. The number of hydrogen-bond acceptors (Lipinski definition) is 2. The van der Waals surface area contributed by atoms with Gasteiger partial charge < -0.3 is 21.2 Å². The van der Waals surface area contributed by atoms with Crippen LogP contribution in [0, 0.1) is 0 Å². The van der Waals surface area contributed by atoms with Crippen molar-refractivity contribution in [1.82, 2.24) is 0 Å². The van der Waals surface area contributed by atoms with Crippen LogP contribution in [0.2, 0.25) is 0 Å². The van der Waals surface area contributed by atoms with Crippen molar-refractivity contribution in [3.63, 3.8) is 0 Å². The molecule has 0 aliphatic heterocycles. The first-order valence-corrected chi connectivity index (χ1v) is 2.06. The fourth-order valence-corrected chi connectivity index (χ4v) is 0.214. The first kappa shape index (κ1) is 29.6. The van der Waals surface area contributed by atoms with E-state index in [0.29, 0.717) is 0 Å². The molecule has 0 aliphatic rings. The van der Waals surface area contributed by atoms with Crippen LogP contribution in [0.4, 0.5) is 0 Å². The first-order chi connectivity index (χ1) is 3.63. The molecule has 0 aromatic rings. The van der Waals surface area contributed by atoms with Gasteiger partial charge in [0.1, 0.15) is 0 Å². The van der Waals surface area contributed by atoms with Crippen LogP contribution < -0.4 is 0 Å². The normalized spacial score (nSPS) is 5.67. The van der Waals surface area contributed by atoms with Gasteiger partial charge in [0, 0.05) is 39.0 Å². The molecule has 0 aromatic heterocycles. The van der Waals surface area contributed by atoms with Gasteiger partial charge in [0.05, 0.1) is 12.8 Å². The van der Waals surface area contributed by atoms with E-state index in [9.17, 15) is 9.59 Å². The topological polar surface area (TPSA) is 138 Å². The summed E-state index contributed by atoms with van der Waals surface area (Å²) < 4.78 is 0. The Morgan fingerprint density at radius 3 is 1.08 bits per heavy atom. The Kier molecular flexibility index (Phi) is 42.5. The largest absolute Gasteiger partial charge is 0.481 e. The molecule has 6 N–H and O–H groups in total. The number of carbonyl (C=O) groups is 2. The number of rotatable bonds is 3. The predicted octanol–water partition coefficient (Wildman–Crippen LogP) is -1.72. The maximum Gasteiger partial charge on any atom is 0.303 e. The minimum Gasteiger partial charge on any atom is -0.481 e. The molecule has 0 aromatic carbocycles. The third kappa shape index (κ3) is 32.1. The number of aliphatic carboxylic acids is 2. The number of hydrogen-bond donors (Lipinski definition) is 2. The van der Waals surface area contributed by atoms with Crippen molar-refractivity contribution < 1.29 is 69.7 Å². The molecule has 12 heavy (non-hydrogen) atoms. The average Bonchev–Trinajstić information content (AvgIpc) is 1.61. The van der Waals surface area contributed by atoms with Gasteiger partial charge in [-0.1, -0.05) is 0 Å². The van der Waals surface area contributed by atoms with Gasteiger partial charge in [0.2, 0.25) is 0 Å². The molecule has 8 heteroatoms. The summed E-state index contributed by atoms with van der Waals surface area (Å²) in [5, 5.41) is 15.8. The van der Waals surface area contributed by atoms with Gasteiger partial charge in [-0.25, -0.2) is 0 Å². The minimum absolute atomic E-state index is 0. The standard InChI is InChI=1S/C4H6O4.2H2O.2Zn/c5-3(6)1-2-4(7)8;;;;/h1-2H2,(H,5,6)(H,7,8);2*1H2;;. The van der Waals surface area contributed by atoms with Crippen molar-refractivity contribution in [2.24, 2.45) is 0 Å². The van der Waals surface area contributed by atoms with Crippen molar-refractivity contribution in [1.29, 1.82) is 0 Å². The quantitative estimate of drug-likeness (QED) is 0.595. The fourth-order valence-electron chi connectivity index (χ4n) is 0.214. The van der Waals surface area contributed by atoms with Crippen LogP contribution in [0.25, 0.3) is 0 Å². The predicted molar refractivity (Wildman–Crippen MR) is 31.7 cm³/mol. The second kappa shape index (κ2) is 17.3. The van der Waals surface area contributed by atoms with Crippen LogP contribution in [0.5, 0.6) is 0 Å². The van der Waals surface area contributed by atoms with E-state index in [0.717, 1.165) is 0 Å². The molecule has 0 atom stereocenters. The molecular formula is C4H10O6Zn2. The van der Waals surface area contributed by atoms with E-state index in [1.54, 1.807) is 0 Å². The summed E-state index contributed by atoms with van der Waals surface area (Å²) in [4.78, 5) is 19.3. The van der Waals surface area contributed by atoms with Crippen LogP contribution in [-0.4, -0.2) is 33.1 Å². The monoisotopic (exact) mass is 282 g/mol. The Morgan fingerprint density at radius 2 is 1.00 bits per heavy atom. The van der Waals surface area contributed by atoms with Crippen molar-refractivity contribution in [2.45, 2.75) is 12.8 Å². The van der Waals surface area contributed by atoms with Crippen LogP contribution in [0.3, 0.4) is 0 Å². The van der Waals surface area contributed by atoms with Crippen LogP contribution in [0.1, 0.15) is 12.8 Å². The van der Waals surface area contributed by atoms with E-state index in [2.05, 4.69) is 0 Å². The molecule has 6 nitrogen and oxygen atoms in total. The van der Waals surface area contributed by atoms with Gasteiger partial charge in [-0.05, 0) is 0 Å². The molecule has 0 saturated heterocycles. The van der Waals surface area contributed by atoms with Crippen molar-refractivity contribution in [3.8, 4) is 0 Å². The van der Waals surface area contributed by atoms with E-state index >= 15 is 0 Å². The summed E-state index contributed by atoms with van der Waals surface area (Å²) in [6.07, 6.45) is -0.593. The van der Waals surface area contributed by atoms with Crippen LogP contribution >= 0.6 is 0 Å². The number of carboxylic acids is 2.